The van der Waals surface area contributed by atoms with Crippen LogP contribution in [0.3, 0.4) is 0 Å². The largest absolute Gasteiger partial charge is 0.356 e. The third-order valence-electron chi connectivity index (χ3n) is 2.39. The Morgan fingerprint density at radius 3 is 2.65 bits per heavy atom. The third-order valence-corrected chi connectivity index (χ3v) is 2.39. The molecule has 1 N–H and O–H groups in total. The molecule has 0 spiro atoms. The van der Waals surface area contributed by atoms with Gasteiger partial charge in [0, 0.05) is 13.0 Å². The highest BCUT2D eigenvalue weighted by Crippen LogP contribution is 2.18. The first kappa shape index (κ1) is 13.2. The highest BCUT2D eigenvalue weighted by molar-refractivity contribution is 5.77. The highest BCUT2D eigenvalue weighted by Gasteiger charge is 2.15. The van der Waals surface area contributed by atoms with Crippen LogP contribution in [0, 0.1) is 17.1 Å². The van der Waals surface area contributed by atoms with Crippen molar-refractivity contribution in [2.45, 2.75) is 25.7 Å². The Morgan fingerprint density at radius 2 is 2.12 bits per heavy atom. The third kappa shape index (κ3) is 4.23. The van der Waals surface area contributed by atoms with Crippen molar-refractivity contribution in [2.24, 2.45) is 0 Å². The fourth-order valence-corrected chi connectivity index (χ4v) is 1.46. The van der Waals surface area contributed by atoms with Crippen molar-refractivity contribution in [1.29, 1.82) is 5.26 Å². The molecule has 1 unspecified atom stereocenters. The quantitative estimate of drug-likeness (QED) is 0.850. The van der Waals surface area contributed by atoms with Crippen molar-refractivity contribution in [2.75, 3.05) is 6.54 Å². The van der Waals surface area contributed by atoms with Gasteiger partial charge in [-0.1, -0.05) is 19.1 Å². The van der Waals surface area contributed by atoms with Gasteiger partial charge in [0.15, 0.2) is 0 Å². The zero-order valence-corrected chi connectivity index (χ0v) is 9.74. The van der Waals surface area contributed by atoms with Gasteiger partial charge in [-0.15, -0.1) is 0 Å². The number of carbonyl (C=O) groups excluding carboxylic acids is 1. The van der Waals surface area contributed by atoms with Gasteiger partial charge < -0.3 is 5.32 Å². The van der Waals surface area contributed by atoms with E-state index in [1.54, 1.807) is 0 Å². The highest BCUT2D eigenvalue weighted by atomic mass is 19.1. The maximum atomic E-state index is 12.7. The fourth-order valence-electron chi connectivity index (χ4n) is 1.46. The average molecular weight is 234 g/mol. The van der Waals surface area contributed by atoms with E-state index in [-0.39, 0.29) is 18.1 Å². The van der Waals surface area contributed by atoms with Crippen LogP contribution in [-0.2, 0) is 4.79 Å². The van der Waals surface area contributed by atoms with Crippen molar-refractivity contribution in [3.63, 3.8) is 0 Å². The van der Waals surface area contributed by atoms with Crippen LogP contribution in [0.5, 0.6) is 0 Å². The summed E-state index contributed by atoms with van der Waals surface area (Å²) in [6.45, 7) is 2.57. The Bertz CT molecular complexity index is 408. The number of hydrogen-bond acceptors (Lipinski definition) is 2. The molecule has 1 atom stereocenters. The smallest absolute Gasteiger partial charge is 0.221 e. The van der Waals surface area contributed by atoms with E-state index < -0.39 is 5.92 Å². The Hall–Kier alpha value is -1.89. The number of nitriles is 1. The van der Waals surface area contributed by atoms with E-state index in [9.17, 15) is 9.18 Å². The number of amides is 1. The van der Waals surface area contributed by atoms with Crippen LogP contribution in [0.2, 0.25) is 0 Å². The molecule has 0 radical (unpaired) electrons. The van der Waals surface area contributed by atoms with Gasteiger partial charge in [0.25, 0.3) is 0 Å². The van der Waals surface area contributed by atoms with Crippen LogP contribution in [0.4, 0.5) is 4.39 Å². The summed E-state index contributed by atoms with van der Waals surface area (Å²) in [5.41, 5.74) is 0.667. The summed E-state index contributed by atoms with van der Waals surface area (Å²) in [4.78, 5) is 11.5. The molecule has 1 aromatic rings. The number of nitrogens with one attached hydrogen (secondary N) is 1. The molecule has 0 heterocycles. The SMILES string of the molecule is CCCNC(=O)CC(C#N)c1ccc(F)cc1. The molecule has 3 nitrogen and oxygen atoms in total. The average Bonchev–Trinajstić information content (AvgIpc) is 2.34. The molecule has 1 amide bonds. The van der Waals surface area contributed by atoms with Gasteiger partial charge in [0.2, 0.25) is 5.91 Å². The molecule has 90 valence electrons. The van der Waals surface area contributed by atoms with E-state index in [2.05, 4.69) is 11.4 Å². The number of hydrogen-bond donors (Lipinski definition) is 1. The fraction of sp³-hybridized carbons (Fsp3) is 0.385. The van der Waals surface area contributed by atoms with Gasteiger partial charge >= 0.3 is 0 Å². The molecule has 0 aromatic heterocycles. The van der Waals surface area contributed by atoms with E-state index in [1.807, 2.05) is 6.92 Å². The van der Waals surface area contributed by atoms with Gasteiger partial charge in [-0.25, -0.2) is 4.39 Å². The van der Waals surface area contributed by atoms with Crippen molar-refractivity contribution >= 4 is 5.91 Å². The summed E-state index contributed by atoms with van der Waals surface area (Å²) in [6, 6.07) is 7.73. The Kier molecular flexibility index (Phi) is 5.15. The van der Waals surface area contributed by atoms with E-state index in [0.717, 1.165) is 6.42 Å². The second-order valence-corrected chi connectivity index (χ2v) is 3.79. The lowest BCUT2D eigenvalue weighted by molar-refractivity contribution is -0.121. The van der Waals surface area contributed by atoms with Gasteiger partial charge in [0.1, 0.15) is 5.82 Å². The van der Waals surface area contributed by atoms with E-state index in [4.69, 9.17) is 5.26 Å². The zero-order valence-electron chi connectivity index (χ0n) is 9.74. The minimum Gasteiger partial charge on any atom is -0.356 e. The van der Waals surface area contributed by atoms with Crippen molar-refractivity contribution in [3.8, 4) is 6.07 Å². The standard InChI is InChI=1S/C13H15FN2O/c1-2-7-16-13(17)8-11(9-15)10-3-5-12(14)6-4-10/h3-6,11H,2,7-8H2,1H3,(H,16,17). The predicted molar refractivity (Wildman–Crippen MR) is 62.7 cm³/mol. The molecular weight excluding hydrogens is 219 g/mol. The summed E-state index contributed by atoms with van der Waals surface area (Å²) in [5, 5.41) is 11.7. The molecule has 1 aromatic carbocycles. The molecule has 4 heteroatoms. The maximum Gasteiger partial charge on any atom is 0.221 e. The first-order chi connectivity index (χ1) is 8.17. The maximum absolute atomic E-state index is 12.7. The molecule has 0 saturated carbocycles. The lowest BCUT2D eigenvalue weighted by Gasteiger charge is -2.09. The number of carbonyl (C=O) groups is 1. The Morgan fingerprint density at radius 1 is 1.47 bits per heavy atom. The molecule has 17 heavy (non-hydrogen) atoms. The van der Waals surface area contributed by atoms with Crippen LogP contribution >= 0.6 is 0 Å². The molecule has 0 aliphatic carbocycles. The number of rotatable bonds is 5. The van der Waals surface area contributed by atoms with Crippen molar-refractivity contribution in [3.05, 3.63) is 35.6 Å². The molecular formula is C13H15FN2O. The summed E-state index contributed by atoms with van der Waals surface area (Å²) >= 11 is 0. The van der Waals surface area contributed by atoms with Gasteiger partial charge in [-0.05, 0) is 24.1 Å². The van der Waals surface area contributed by atoms with Crippen LogP contribution in [-0.4, -0.2) is 12.5 Å². The second kappa shape index (κ2) is 6.64. The first-order valence-electron chi connectivity index (χ1n) is 5.59. The number of nitrogens with zero attached hydrogens (tertiary/aromatic N) is 1. The minimum absolute atomic E-state index is 0.113. The lowest BCUT2D eigenvalue weighted by atomic mass is 9.97. The summed E-state index contributed by atoms with van der Waals surface area (Å²) < 4.78 is 12.7. The summed E-state index contributed by atoms with van der Waals surface area (Å²) in [5.74, 6) is -1.02. The summed E-state index contributed by atoms with van der Waals surface area (Å²) in [6.07, 6.45) is 0.974. The normalized spacial score (nSPS) is 11.6. The predicted octanol–water partition coefficient (Wildman–Crippen LogP) is 2.35. The molecule has 1 rings (SSSR count). The van der Waals surface area contributed by atoms with Gasteiger partial charge in [0.05, 0.1) is 12.0 Å². The Labute approximate surface area is 100 Å². The van der Waals surface area contributed by atoms with E-state index in [1.165, 1.54) is 24.3 Å². The molecule has 0 saturated heterocycles. The van der Waals surface area contributed by atoms with Gasteiger partial charge in [-0.3, -0.25) is 4.79 Å². The molecule has 0 aliphatic rings. The molecule has 0 bridgehead atoms. The van der Waals surface area contributed by atoms with E-state index in [0.29, 0.717) is 12.1 Å². The van der Waals surface area contributed by atoms with Crippen molar-refractivity contribution < 1.29 is 9.18 Å². The minimum atomic E-state index is -0.521. The first-order valence-corrected chi connectivity index (χ1v) is 5.59. The summed E-state index contributed by atoms with van der Waals surface area (Å²) in [7, 11) is 0. The van der Waals surface area contributed by atoms with Crippen LogP contribution < -0.4 is 5.32 Å². The Balaban J connectivity index is 2.63. The molecule has 0 aliphatic heterocycles. The van der Waals surface area contributed by atoms with Crippen LogP contribution in [0.15, 0.2) is 24.3 Å². The van der Waals surface area contributed by atoms with Gasteiger partial charge in [-0.2, -0.15) is 5.26 Å². The monoisotopic (exact) mass is 234 g/mol. The number of benzene rings is 1. The number of halogens is 1. The van der Waals surface area contributed by atoms with Crippen molar-refractivity contribution in [1.82, 2.24) is 5.32 Å². The van der Waals surface area contributed by atoms with E-state index >= 15 is 0 Å². The molecule has 0 fully saturated rings. The topological polar surface area (TPSA) is 52.9 Å². The second-order valence-electron chi connectivity index (χ2n) is 3.79. The van der Waals surface area contributed by atoms with Crippen LogP contribution in [0.1, 0.15) is 31.2 Å². The van der Waals surface area contributed by atoms with Crippen LogP contribution in [0.25, 0.3) is 0 Å². The lowest BCUT2D eigenvalue weighted by Crippen LogP contribution is -2.25. The zero-order chi connectivity index (χ0) is 12.7.